The number of ether oxygens (including phenoxy) is 1. The van der Waals surface area contributed by atoms with Crippen molar-refractivity contribution in [2.24, 2.45) is 4.99 Å². The van der Waals surface area contributed by atoms with Crippen molar-refractivity contribution in [2.45, 2.75) is 6.54 Å². The van der Waals surface area contributed by atoms with Crippen molar-refractivity contribution in [3.05, 3.63) is 53.7 Å². The highest BCUT2D eigenvalue weighted by Crippen LogP contribution is 2.17. The SMILES string of the molecule is CN=C(NCCOc1ccc(F)cc1F)NCc1cccc(N(C)C)n1. The average Bonchev–Trinajstić information content (AvgIpc) is 2.62. The molecule has 0 atom stereocenters. The predicted molar refractivity (Wildman–Crippen MR) is 98.6 cm³/mol. The highest BCUT2D eigenvalue weighted by molar-refractivity contribution is 5.79. The van der Waals surface area contributed by atoms with E-state index < -0.39 is 11.6 Å². The molecule has 26 heavy (non-hydrogen) atoms. The summed E-state index contributed by atoms with van der Waals surface area (Å²) >= 11 is 0. The van der Waals surface area contributed by atoms with E-state index in [9.17, 15) is 8.78 Å². The molecular formula is C18H23F2N5O. The van der Waals surface area contributed by atoms with E-state index >= 15 is 0 Å². The lowest BCUT2D eigenvalue weighted by Gasteiger charge is -2.14. The molecule has 1 aromatic carbocycles. The number of nitrogens with one attached hydrogen (secondary N) is 2. The number of hydrogen-bond acceptors (Lipinski definition) is 4. The van der Waals surface area contributed by atoms with Crippen LogP contribution in [-0.4, -0.2) is 45.2 Å². The van der Waals surface area contributed by atoms with E-state index in [4.69, 9.17) is 4.74 Å². The van der Waals surface area contributed by atoms with Crippen LogP contribution >= 0.6 is 0 Å². The second kappa shape index (κ2) is 9.55. The third kappa shape index (κ3) is 5.87. The first-order chi connectivity index (χ1) is 12.5. The van der Waals surface area contributed by atoms with E-state index in [-0.39, 0.29) is 12.4 Å². The quantitative estimate of drug-likeness (QED) is 0.449. The fourth-order valence-corrected chi connectivity index (χ4v) is 2.13. The van der Waals surface area contributed by atoms with Gasteiger partial charge in [0.15, 0.2) is 17.5 Å². The zero-order chi connectivity index (χ0) is 18.9. The Bertz CT molecular complexity index is 752. The van der Waals surface area contributed by atoms with Gasteiger partial charge in [-0.25, -0.2) is 13.8 Å². The summed E-state index contributed by atoms with van der Waals surface area (Å²) in [4.78, 5) is 10.6. The Balaban J connectivity index is 1.76. The van der Waals surface area contributed by atoms with Gasteiger partial charge in [-0.1, -0.05) is 6.07 Å². The van der Waals surface area contributed by atoms with Crippen LogP contribution in [0.15, 0.2) is 41.4 Å². The van der Waals surface area contributed by atoms with Gasteiger partial charge in [0, 0.05) is 27.2 Å². The van der Waals surface area contributed by atoms with Crippen LogP contribution in [0.5, 0.6) is 5.75 Å². The molecule has 2 aromatic rings. The molecule has 140 valence electrons. The minimum absolute atomic E-state index is 0.0147. The van der Waals surface area contributed by atoms with Gasteiger partial charge in [-0.15, -0.1) is 0 Å². The van der Waals surface area contributed by atoms with Crippen LogP contribution in [0, 0.1) is 11.6 Å². The lowest BCUT2D eigenvalue weighted by molar-refractivity contribution is 0.304. The number of halogens is 2. The lowest BCUT2D eigenvalue weighted by Crippen LogP contribution is -2.39. The maximum absolute atomic E-state index is 13.5. The first-order valence-electron chi connectivity index (χ1n) is 8.15. The number of aromatic nitrogens is 1. The number of hydrogen-bond donors (Lipinski definition) is 2. The average molecular weight is 363 g/mol. The topological polar surface area (TPSA) is 61.8 Å². The molecule has 8 heteroatoms. The molecule has 0 saturated carbocycles. The highest BCUT2D eigenvalue weighted by Gasteiger charge is 2.05. The van der Waals surface area contributed by atoms with Crippen LogP contribution in [0.2, 0.25) is 0 Å². The smallest absolute Gasteiger partial charge is 0.191 e. The minimum atomic E-state index is -0.723. The molecule has 0 aliphatic carbocycles. The van der Waals surface area contributed by atoms with Gasteiger partial charge in [-0.05, 0) is 24.3 Å². The molecule has 0 amide bonds. The van der Waals surface area contributed by atoms with E-state index in [1.165, 1.54) is 6.07 Å². The number of benzene rings is 1. The normalized spacial score (nSPS) is 11.2. The van der Waals surface area contributed by atoms with Crippen molar-refractivity contribution in [3.8, 4) is 5.75 Å². The maximum atomic E-state index is 13.5. The number of rotatable bonds is 7. The molecule has 2 N–H and O–H groups in total. The fraction of sp³-hybridized carbons (Fsp3) is 0.333. The third-order valence-corrected chi connectivity index (χ3v) is 3.46. The summed E-state index contributed by atoms with van der Waals surface area (Å²) in [7, 11) is 5.52. The molecule has 0 saturated heterocycles. The Morgan fingerprint density at radius 2 is 2.00 bits per heavy atom. The van der Waals surface area contributed by atoms with Crippen molar-refractivity contribution in [1.82, 2.24) is 15.6 Å². The van der Waals surface area contributed by atoms with E-state index in [0.29, 0.717) is 19.0 Å². The second-order valence-electron chi connectivity index (χ2n) is 5.66. The van der Waals surface area contributed by atoms with Gasteiger partial charge < -0.3 is 20.3 Å². The molecule has 0 spiro atoms. The Morgan fingerprint density at radius 3 is 2.69 bits per heavy atom. The Hall–Kier alpha value is -2.90. The van der Waals surface area contributed by atoms with Gasteiger partial charge in [0.05, 0.1) is 18.8 Å². The molecule has 0 unspecified atom stereocenters. The van der Waals surface area contributed by atoms with Crippen molar-refractivity contribution in [2.75, 3.05) is 39.2 Å². The molecule has 1 aromatic heterocycles. The van der Waals surface area contributed by atoms with E-state index in [1.54, 1.807) is 7.05 Å². The molecule has 0 fully saturated rings. The second-order valence-corrected chi connectivity index (χ2v) is 5.66. The lowest BCUT2D eigenvalue weighted by atomic mass is 10.3. The summed E-state index contributed by atoms with van der Waals surface area (Å²) in [5.41, 5.74) is 0.879. The van der Waals surface area contributed by atoms with Crippen molar-refractivity contribution in [3.63, 3.8) is 0 Å². The van der Waals surface area contributed by atoms with E-state index in [0.717, 1.165) is 23.6 Å². The standard InChI is InChI=1S/C18H23F2N5O/c1-21-18(23-12-14-5-4-6-17(24-14)25(2)3)22-9-10-26-16-8-7-13(19)11-15(16)20/h4-8,11H,9-10,12H2,1-3H3,(H2,21,22,23). The largest absolute Gasteiger partial charge is 0.489 e. The van der Waals surface area contributed by atoms with Gasteiger partial charge in [-0.3, -0.25) is 4.99 Å². The molecule has 0 aliphatic heterocycles. The van der Waals surface area contributed by atoms with Crippen LogP contribution in [0.25, 0.3) is 0 Å². The number of guanidine groups is 1. The van der Waals surface area contributed by atoms with Crippen LogP contribution in [0.4, 0.5) is 14.6 Å². The van der Waals surface area contributed by atoms with Crippen LogP contribution in [0.3, 0.4) is 0 Å². The summed E-state index contributed by atoms with van der Waals surface area (Å²) in [5.74, 6) is 0.108. The van der Waals surface area contributed by atoms with E-state index in [1.807, 2.05) is 37.2 Å². The van der Waals surface area contributed by atoms with Gasteiger partial charge >= 0.3 is 0 Å². The summed E-state index contributed by atoms with van der Waals surface area (Å²) < 4.78 is 31.6. The zero-order valence-corrected chi connectivity index (χ0v) is 15.1. The van der Waals surface area contributed by atoms with Crippen molar-refractivity contribution >= 4 is 11.8 Å². The van der Waals surface area contributed by atoms with Gasteiger partial charge in [0.2, 0.25) is 0 Å². The number of aliphatic imine (C=N–C) groups is 1. The third-order valence-electron chi connectivity index (χ3n) is 3.46. The molecule has 1 heterocycles. The number of nitrogens with zero attached hydrogens (tertiary/aromatic N) is 3. The number of anilines is 1. The van der Waals surface area contributed by atoms with Crippen LogP contribution < -0.4 is 20.3 Å². The van der Waals surface area contributed by atoms with Crippen molar-refractivity contribution in [1.29, 1.82) is 0 Å². The predicted octanol–water partition coefficient (Wildman–Crippen LogP) is 2.17. The summed E-state index contributed by atoms with van der Waals surface area (Å²) in [6, 6.07) is 9.01. The van der Waals surface area contributed by atoms with E-state index in [2.05, 4.69) is 20.6 Å². The van der Waals surface area contributed by atoms with Gasteiger partial charge in [0.1, 0.15) is 18.2 Å². The highest BCUT2D eigenvalue weighted by atomic mass is 19.1. The number of pyridine rings is 1. The summed E-state index contributed by atoms with van der Waals surface area (Å²) in [5, 5.41) is 6.21. The first-order valence-corrected chi connectivity index (χ1v) is 8.15. The minimum Gasteiger partial charge on any atom is -0.489 e. The molecule has 0 aliphatic rings. The fourth-order valence-electron chi connectivity index (χ4n) is 2.13. The molecule has 2 rings (SSSR count). The maximum Gasteiger partial charge on any atom is 0.191 e. The zero-order valence-electron chi connectivity index (χ0n) is 15.1. The Labute approximate surface area is 151 Å². The Morgan fingerprint density at radius 1 is 1.19 bits per heavy atom. The molecule has 0 radical (unpaired) electrons. The molecule has 6 nitrogen and oxygen atoms in total. The molecular weight excluding hydrogens is 340 g/mol. The van der Waals surface area contributed by atoms with Crippen LogP contribution in [-0.2, 0) is 6.54 Å². The molecule has 0 bridgehead atoms. The summed E-state index contributed by atoms with van der Waals surface area (Å²) in [6.07, 6.45) is 0. The summed E-state index contributed by atoms with van der Waals surface area (Å²) in [6.45, 7) is 1.12. The Kier molecular flexibility index (Phi) is 7.13. The van der Waals surface area contributed by atoms with Gasteiger partial charge in [-0.2, -0.15) is 0 Å². The van der Waals surface area contributed by atoms with Crippen LogP contribution in [0.1, 0.15) is 5.69 Å². The van der Waals surface area contributed by atoms with Gasteiger partial charge in [0.25, 0.3) is 0 Å². The van der Waals surface area contributed by atoms with Crippen molar-refractivity contribution < 1.29 is 13.5 Å². The monoisotopic (exact) mass is 363 g/mol. The first kappa shape index (κ1) is 19.4.